The maximum atomic E-state index is 13.4. The van der Waals surface area contributed by atoms with E-state index in [0.29, 0.717) is 5.02 Å². The Hall–Kier alpha value is -3.73. The maximum Gasteiger partial charge on any atom is 0.252 e. The highest BCUT2D eigenvalue weighted by atomic mass is 35.5. The molecule has 0 aliphatic carbocycles. The third-order valence-electron chi connectivity index (χ3n) is 6.41. The van der Waals surface area contributed by atoms with Crippen LogP contribution in [0.1, 0.15) is 24.0 Å². The van der Waals surface area contributed by atoms with Gasteiger partial charge in [-0.3, -0.25) is 4.79 Å². The first kappa shape index (κ1) is 22.7. The molecule has 0 spiro atoms. The van der Waals surface area contributed by atoms with Crippen molar-refractivity contribution in [3.63, 3.8) is 0 Å². The average Bonchev–Trinajstić information content (AvgIpc) is 3.64. The van der Waals surface area contributed by atoms with Crippen molar-refractivity contribution in [3.05, 3.63) is 94.0 Å². The smallest absolute Gasteiger partial charge is 0.252 e. The summed E-state index contributed by atoms with van der Waals surface area (Å²) in [4.78, 5) is 22.1. The van der Waals surface area contributed by atoms with Gasteiger partial charge in [-0.15, -0.1) is 5.10 Å². The van der Waals surface area contributed by atoms with E-state index in [1.54, 1.807) is 33.8 Å². The van der Waals surface area contributed by atoms with E-state index in [-0.39, 0.29) is 11.6 Å². The second kappa shape index (κ2) is 9.05. The zero-order valence-electron chi connectivity index (χ0n) is 19.1. The summed E-state index contributed by atoms with van der Waals surface area (Å²) in [6, 6.07) is 16.4. The predicted molar refractivity (Wildman–Crippen MR) is 137 cm³/mol. The summed E-state index contributed by atoms with van der Waals surface area (Å²) >= 11 is 5.27. The molecule has 2 atom stereocenters. The van der Waals surface area contributed by atoms with Crippen LogP contribution in [-0.4, -0.2) is 45.6 Å². The molecule has 0 saturated carbocycles. The number of imidazole rings is 1. The maximum absolute atomic E-state index is 13.4. The molecule has 0 unspecified atom stereocenters. The fraction of sp³-hybridized carbons (Fsp3) is 0.160. The van der Waals surface area contributed by atoms with E-state index in [2.05, 4.69) is 25.5 Å². The summed E-state index contributed by atoms with van der Waals surface area (Å²) in [6.07, 6.45) is 6.43. The highest BCUT2D eigenvalue weighted by Crippen LogP contribution is 2.34. The Kier molecular flexibility index (Phi) is 5.71. The average molecular weight is 518 g/mol. The van der Waals surface area contributed by atoms with Gasteiger partial charge in [0.05, 0.1) is 23.6 Å². The number of nitrogens with zero attached hydrogens (tertiary/aromatic N) is 6. The van der Waals surface area contributed by atoms with Crippen LogP contribution in [0.25, 0.3) is 28.1 Å². The number of aromatic amines is 1. The minimum atomic E-state index is -1.03. The van der Waals surface area contributed by atoms with Gasteiger partial charge in [-0.25, -0.2) is 4.98 Å². The number of hydrogen-bond donors (Lipinski definition) is 1. The highest BCUT2D eigenvalue weighted by molar-refractivity contribution is 7.90. The molecule has 5 aromatic rings. The molecule has 0 amide bonds. The number of halogens is 1. The number of hydrogen-bond acceptors (Lipinski definition) is 6. The number of aromatic nitrogens is 7. The SMILES string of the molecule is C[S@@+]([O-])c1ccc(-c2cnc([C@@H]3CCc4cc(-c5cc(Cl)ccc5-n5cnnn5)cc(=O)n43)[nH]2)cc1. The standard InChI is InChI=1S/C25H20ClN7O2S/c1-36(35)19-6-2-15(3-7-19)21-13-27-25(29-21)23-9-5-18-10-16(11-24(34)33(18)23)20-12-17(26)4-8-22(20)32-14-28-30-31-32/h2-4,6-8,10-14,23H,5,9H2,1H3,(H,27,29)/t23-,36+/m0/s1. The third kappa shape index (κ3) is 4.02. The van der Waals surface area contributed by atoms with Gasteiger partial charge in [0.1, 0.15) is 18.4 Å². The van der Waals surface area contributed by atoms with Crippen molar-refractivity contribution in [2.75, 3.05) is 6.26 Å². The van der Waals surface area contributed by atoms with Gasteiger partial charge in [0.25, 0.3) is 5.56 Å². The van der Waals surface area contributed by atoms with Crippen LogP contribution in [0.2, 0.25) is 5.02 Å². The lowest BCUT2D eigenvalue weighted by molar-refractivity contribution is 0.572. The molecule has 180 valence electrons. The van der Waals surface area contributed by atoms with Crippen LogP contribution in [0.4, 0.5) is 0 Å². The fourth-order valence-electron chi connectivity index (χ4n) is 4.70. The van der Waals surface area contributed by atoms with Crippen molar-refractivity contribution >= 4 is 22.8 Å². The zero-order chi connectivity index (χ0) is 24.8. The van der Waals surface area contributed by atoms with E-state index in [0.717, 1.165) is 57.3 Å². The molecule has 2 aromatic carbocycles. The molecule has 0 radical (unpaired) electrons. The molecule has 1 aliphatic rings. The van der Waals surface area contributed by atoms with Crippen molar-refractivity contribution in [2.45, 2.75) is 23.8 Å². The number of aryl methyl sites for hydroxylation is 1. The van der Waals surface area contributed by atoms with Gasteiger partial charge >= 0.3 is 0 Å². The van der Waals surface area contributed by atoms with E-state index in [4.69, 9.17) is 11.6 Å². The summed E-state index contributed by atoms with van der Waals surface area (Å²) in [5.74, 6) is 0.735. The Balaban J connectivity index is 1.35. The molecular formula is C25H20ClN7O2S. The normalized spacial score (nSPS) is 15.7. The molecule has 4 heterocycles. The van der Waals surface area contributed by atoms with E-state index >= 15 is 0 Å². The lowest BCUT2D eigenvalue weighted by Gasteiger charge is -2.15. The van der Waals surface area contributed by atoms with Gasteiger partial charge in [0.2, 0.25) is 0 Å². The summed E-state index contributed by atoms with van der Waals surface area (Å²) < 4.78 is 15.0. The Labute approximate surface area is 214 Å². The number of H-pyrrole nitrogens is 1. The first-order chi connectivity index (χ1) is 17.5. The van der Waals surface area contributed by atoms with Crippen LogP contribution in [0.15, 0.2) is 76.8 Å². The van der Waals surface area contributed by atoms with E-state index in [1.807, 2.05) is 42.5 Å². The number of pyridine rings is 1. The first-order valence-electron chi connectivity index (χ1n) is 11.3. The largest absolute Gasteiger partial charge is 0.612 e. The van der Waals surface area contributed by atoms with Crippen LogP contribution in [-0.2, 0) is 17.6 Å². The van der Waals surface area contributed by atoms with Crippen LogP contribution >= 0.6 is 11.6 Å². The van der Waals surface area contributed by atoms with Gasteiger partial charge in [-0.2, -0.15) is 4.68 Å². The van der Waals surface area contributed by atoms with Gasteiger partial charge < -0.3 is 14.1 Å². The number of benzene rings is 2. The number of rotatable bonds is 5. The molecule has 9 nitrogen and oxygen atoms in total. The summed E-state index contributed by atoms with van der Waals surface area (Å²) in [7, 11) is 0. The number of nitrogens with one attached hydrogen (secondary N) is 1. The molecular weight excluding hydrogens is 498 g/mol. The van der Waals surface area contributed by atoms with Gasteiger partial charge in [0, 0.05) is 22.3 Å². The second-order valence-electron chi connectivity index (χ2n) is 8.57. The van der Waals surface area contributed by atoms with Crippen LogP contribution in [0, 0.1) is 0 Å². The lowest BCUT2D eigenvalue weighted by atomic mass is 10.0. The topological polar surface area (TPSA) is 117 Å². The van der Waals surface area contributed by atoms with E-state index < -0.39 is 11.2 Å². The van der Waals surface area contributed by atoms with E-state index in [1.165, 1.54) is 6.33 Å². The Morgan fingerprint density at radius 2 is 1.94 bits per heavy atom. The Morgan fingerprint density at radius 1 is 1.11 bits per heavy atom. The van der Waals surface area contributed by atoms with Crippen molar-refractivity contribution in [2.24, 2.45) is 0 Å². The Bertz CT molecular complexity index is 1610. The summed E-state index contributed by atoms with van der Waals surface area (Å²) in [6.45, 7) is 0. The molecule has 36 heavy (non-hydrogen) atoms. The molecule has 0 saturated heterocycles. The van der Waals surface area contributed by atoms with Crippen molar-refractivity contribution in [1.29, 1.82) is 0 Å². The van der Waals surface area contributed by atoms with Crippen molar-refractivity contribution in [3.8, 4) is 28.1 Å². The summed E-state index contributed by atoms with van der Waals surface area (Å²) in [5.41, 5.74) is 4.88. The molecule has 1 aliphatic heterocycles. The molecule has 6 rings (SSSR count). The van der Waals surface area contributed by atoms with Crippen LogP contribution in [0.3, 0.4) is 0 Å². The number of fused-ring (bicyclic) bond motifs is 1. The third-order valence-corrected chi connectivity index (χ3v) is 7.58. The van der Waals surface area contributed by atoms with Crippen LogP contribution in [0.5, 0.6) is 0 Å². The van der Waals surface area contributed by atoms with Gasteiger partial charge in [-0.05, 0) is 94.1 Å². The molecule has 3 aromatic heterocycles. The van der Waals surface area contributed by atoms with Gasteiger partial charge in [-0.1, -0.05) is 11.6 Å². The molecule has 0 bridgehead atoms. The van der Waals surface area contributed by atoms with Gasteiger partial charge in [0.15, 0.2) is 4.90 Å². The van der Waals surface area contributed by atoms with Crippen molar-refractivity contribution < 1.29 is 4.55 Å². The fourth-order valence-corrected chi connectivity index (χ4v) is 5.39. The highest BCUT2D eigenvalue weighted by Gasteiger charge is 2.28. The molecule has 1 N–H and O–H groups in total. The zero-order valence-corrected chi connectivity index (χ0v) is 20.7. The number of tetrazole rings is 1. The minimum absolute atomic E-state index is 0.111. The molecule has 11 heteroatoms. The Morgan fingerprint density at radius 3 is 2.69 bits per heavy atom. The monoisotopic (exact) mass is 517 g/mol. The lowest BCUT2D eigenvalue weighted by Crippen LogP contribution is -2.23. The van der Waals surface area contributed by atoms with Crippen molar-refractivity contribution in [1.82, 2.24) is 34.7 Å². The quantitative estimate of drug-likeness (QED) is 0.354. The first-order valence-corrected chi connectivity index (χ1v) is 13.2. The minimum Gasteiger partial charge on any atom is -0.612 e. The predicted octanol–water partition coefficient (Wildman–Crippen LogP) is 3.81. The summed E-state index contributed by atoms with van der Waals surface area (Å²) in [5, 5.41) is 12.0. The second-order valence-corrected chi connectivity index (χ2v) is 10.4. The van der Waals surface area contributed by atoms with Crippen LogP contribution < -0.4 is 5.56 Å². The molecule has 0 fully saturated rings. The van der Waals surface area contributed by atoms with E-state index in [9.17, 15) is 9.35 Å².